The number of methoxy groups -OCH3 is 1. The molecule has 150 valence electrons. The lowest BCUT2D eigenvalue weighted by Gasteiger charge is -2.37. The molecule has 0 unspecified atom stereocenters. The fourth-order valence-electron chi connectivity index (χ4n) is 4.16. The van der Waals surface area contributed by atoms with Crippen LogP contribution in [0.25, 0.3) is 0 Å². The van der Waals surface area contributed by atoms with Gasteiger partial charge in [0.1, 0.15) is 5.60 Å². The number of phenolic OH excluding ortho intramolecular Hbond substituents is 1. The normalized spacial score (nSPS) is 19.7. The summed E-state index contributed by atoms with van der Waals surface area (Å²) >= 11 is 0. The number of ether oxygens (including phenoxy) is 2. The summed E-state index contributed by atoms with van der Waals surface area (Å²) in [5, 5.41) is 9.95. The molecule has 6 heteroatoms. The summed E-state index contributed by atoms with van der Waals surface area (Å²) in [6.45, 7) is 8.44. The third-order valence-electron chi connectivity index (χ3n) is 6.09. The van der Waals surface area contributed by atoms with Crippen LogP contribution < -0.4 is 4.74 Å². The molecule has 2 saturated heterocycles. The molecule has 1 aromatic rings. The number of aromatic hydroxyl groups is 1. The number of rotatable bonds is 7. The third-order valence-corrected chi connectivity index (χ3v) is 6.09. The van der Waals surface area contributed by atoms with Crippen LogP contribution in [0.15, 0.2) is 18.2 Å². The van der Waals surface area contributed by atoms with Gasteiger partial charge in [-0.25, -0.2) is 4.79 Å². The molecule has 1 spiro atoms. The lowest BCUT2D eigenvalue weighted by atomic mass is 9.90. The first kappa shape index (κ1) is 19.8. The second-order valence-electron chi connectivity index (χ2n) is 7.90. The zero-order valence-corrected chi connectivity index (χ0v) is 16.7. The van der Waals surface area contributed by atoms with E-state index in [9.17, 15) is 9.90 Å². The van der Waals surface area contributed by atoms with Gasteiger partial charge < -0.3 is 19.5 Å². The standard InChI is InChI=1S/C21H32N2O4/c1-4-16(5-2)14-23-15-21(27-20(23)25)8-10-22(11-9-21)13-17-6-7-19(26-3)18(24)12-17/h6-7,12,16,24H,4-5,8-11,13-15H2,1-3H3. The minimum atomic E-state index is -0.318. The van der Waals surface area contributed by atoms with Crippen LogP contribution in [0.5, 0.6) is 11.5 Å². The van der Waals surface area contributed by atoms with Crippen molar-refractivity contribution >= 4 is 6.09 Å². The number of likely N-dealkylation sites (tertiary alicyclic amines) is 1. The van der Waals surface area contributed by atoms with Gasteiger partial charge in [0, 0.05) is 39.0 Å². The highest BCUT2D eigenvalue weighted by atomic mass is 16.6. The SMILES string of the molecule is CCC(CC)CN1CC2(CCN(Cc3ccc(OC)c(O)c3)CC2)OC1=O. The predicted molar refractivity (Wildman–Crippen MR) is 104 cm³/mol. The molecule has 1 aromatic carbocycles. The van der Waals surface area contributed by atoms with Crippen molar-refractivity contribution in [3.63, 3.8) is 0 Å². The van der Waals surface area contributed by atoms with E-state index in [-0.39, 0.29) is 17.4 Å². The van der Waals surface area contributed by atoms with Crippen LogP contribution in [0.2, 0.25) is 0 Å². The number of amides is 1. The molecular weight excluding hydrogens is 344 g/mol. The van der Waals surface area contributed by atoms with E-state index in [1.54, 1.807) is 19.2 Å². The van der Waals surface area contributed by atoms with E-state index < -0.39 is 0 Å². The van der Waals surface area contributed by atoms with E-state index in [0.717, 1.165) is 64.0 Å². The molecule has 0 aromatic heterocycles. The number of carbonyl (C=O) groups is 1. The van der Waals surface area contributed by atoms with Gasteiger partial charge in [-0.1, -0.05) is 32.8 Å². The van der Waals surface area contributed by atoms with Gasteiger partial charge in [-0.3, -0.25) is 4.90 Å². The number of piperidine rings is 1. The second-order valence-corrected chi connectivity index (χ2v) is 7.90. The maximum Gasteiger partial charge on any atom is 0.410 e. The number of hydrogen-bond donors (Lipinski definition) is 1. The quantitative estimate of drug-likeness (QED) is 0.787. The van der Waals surface area contributed by atoms with Gasteiger partial charge >= 0.3 is 6.09 Å². The Morgan fingerprint density at radius 1 is 1.26 bits per heavy atom. The Labute approximate surface area is 162 Å². The Morgan fingerprint density at radius 3 is 2.56 bits per heavy atom. The van der Waals surface area contributed by atoms with Crippen LogP contribution in [0.4, 0.5) is 4.79 Å². The average Bonchev–Trinajstić information content (AvgIpc) is 2.97. The zero-order chi connectivity index (χ0) is 19.4. The molecule has 1 amide bonds. The molecule has 2 heterocycles. The summed E-state index contributed by atoms with van der Waals surface area (Å²) in [6.07, 6.45) is 3.77. The van der Waals surface area contributed by atoms with Crippen molar-refractivity contribution in [1.29, 1.82) is 0 Å². The average molecular weight is 376 g/mol. The summed E-state index contributed by atoms with van der Waals surface area (Å²) < 4.78 is 10.9. The van der Waals surface area contributed by atoms with Crippen LogP contribution in [-0.4, -0.2) is 59.9 Å². The first-order chi connectivity index (χ1) is 13.0. The molecular formula is C21H32N2O4. The molecule has 1 N–H and O–H groups in total. The van der Waals surface area contributed by atoms with E-state index in [4.69, 9.17) is 9.47 Å². The molecule has 3 rings (SSSR count). The minimum Gasteiger partial charge on any atom is -0.504 e. The molecule has 0 aliphatic carbocycles. The Kier molecular flexibility index (Phi) is 6.15. The Morgan fingerprint density at radius 2 is 1.96 bits per heavy atom. The van der Waals surface area contributed by atoms with Crippen LogP contribution >= 0.6 is 0 Å². The van der Waals surface area contributed by atoms with E-state index in [0.29, 0.717) is 11.7 Å². The van der Waals surface area contributed by atoms with Crippen LogP contribution in [-0.2, 0) is 11.3 Å². The number of carbonyl (C=O) groups excluding carboxylic acids is 1. The number of nitrogens with zero attached hydrogens (tertiary/aromatic N) is 2. The van der Waals surface area contributed by atoms with E-state index >= 15 is 0 Å². The Bertz CT molecular complexity index is 652. The summed E-state index contributed by atoms with van der Waals surface area (Å²) in [4.78, 5) is 16.6. The molecule has 2 fully saturated rings. The fraction of sp³-hybridized carbons (Fsp3) is 0.667. The fourth-order valence-corrected chi connectivity index (χ4v) is 4.16. The third kappa shape index (κ3) is 4.49. The lowest BCUT2D eigenvalue weighted by molar-refractivity contribution is -0.00128. The van der Waals surface area contributed by atoms with Crippen LogP contribution in [0, 0.1) is 5.92 Å². The topological polar surface area (TPSA) is 62.2 Å². The van der Waals surface area contributed by atoms with Gasteiger partial charge in [0.25, 0.3) is 0 Å². The van der Waals surface area contributed by atoms with Crippen molar-refractivity contribution in [2.45, 2.75) is 51.7 Å². The van der Waals surface area contributed by atoms with Crippen molar-refractivity contribution in [3.8, 4) is 11.5 Å². The summed E-state index contributed by atoms with van der Waals surface area (Å²) in [5.41, 5.74) is 0.741. The van der Waals surface area contributed by atoms with Crippen molar-refractivity contribution in [3.05, 3.63) is 23.8 Å². The Balaban J connectivity index is 1.54. The number of benzene rings is 1. The van der Waals surface area contributed by atoms with Gasteiger partial charge in [0.15, 0.2) is 11.5 Å². The highest BCUT2D eigenvalue weighted by Crippen LogP contribution is 2.35. The van der Waals surface area contributed by atoms with Crippen LogP contribution in [0.3, 0.4) is 0 Å². The maximum absolute atomic E-state index is 12.3. The van der Waals surface area contributed by atoms with Crippen molar-refractivity contribution in [2.24, 2.45) is 5.92 Å². The molecule has 0 bridgehead atoms. The van der Waals surface area contributed by atoms with Gasteiger partial charge in [-0.2, -0.15) is 0 Å². The summed E-state index contributed by atoms with van der Waals surface area (Å²) in [6, 6.07) is 5.54. The Hall–Kier alpha value is -1.95. The number of hydrogen-bond acceptors (Lipinski definition) is 5. The minimum absolute atomic E-state index is 0.143. The smallest absolute Gasteiger partial charge is 0.410 e. The first-order valence-electron chi connectivity index (χ1n) is 10.0. The van der Waals surface area contributed by atoms with Gasteiger partial charge in [-0.15, -0.1) is 0 Å². The molecule has 0 atom stereocenters. The molecule has 0 radical (unpaired) electrons. The molecule has 6 nitrogen and oxygen atoms in total. The molecule has 2 aliphatic heterocycles. The summed E-state index contributed by atoms with van der Waals surface area (Å²) in [7, 11) is 1.55. The van der Waals surface area contributed by atoms with E-state index in [1.807, 2.05) is 11.0 Å². The van der Waals surface area contributed by atoms with Crippen molar-refractivity contribution in [1.82, 2.24) is 9.80 Å². The lowest BCUT2D eigenvalue weighted by Crippen LogP contribution is -2.46. The monoisotopic (exact) mass is 376 g/mol. The first-order valence-corrected chi connectivity index (χ1v) is 10.0. The predicted octanol–water partition coefficient (Wildman–Crippen LogP) is 3.62. The largest absolute Gasteiger partial charge is 0.504 e. The van der Waals surface area contributed by atoms with Crippen molar-refractivity contribution in [2.75, 3.05) is 33.3 Å². The number of phenols is 1. The van der Waals surface area contributed by atoms with Gasteiger partial charge in [-0.05, 0) is 23.6 Å². The van der Waals surface area contributed by atoms with E-state index in [1.165, 1.54) is 0 Å². The van der Waals surface area contributed by atoms with E-state index in [2.05, 4.69) is 18.7 Å². The molecule has 2 aliphatic rings. The van der Waals surface area contributed by atoms with Crippen molar-refractivity contribution < 1.29 is 19.4 Å². The van der Waals surface area contributed by atoms with Gasteiger partial charge in [0.2, 0.25) is 0 Å². The molecule has 0 saturated carbocycles. The highest BCUT2D eigenvalue weighted by molar-refractivity contribution is 5.70. The van der Waals surface area contributed by atoms with Gasteiger partial charge in [0.05, 0.1) is 13.7 Å². The maximum atomic E-state index is 12.3. The summed E-state index contributed by atoms with van der Waals surface area (Å²) in [5.74, 6) is 1.22. The highest BCUT2D eigenvalue weighted by Gasteiger charge is 2.47. The molecule has 27 heavy (non-hydrogen) atoms. The zero-order valence-electron chi connectivity index (χ0n) is 16.7. The second kappa shape index (κ2) is 8.38. The van der Waals surface area contributed by atoms with Crippen LogP contribution in [0.1, 0.15) is 45.1 Å².